The number of rotatable bonds is 0. The second kappa shape index (κ2) is 2.43. The lowest BCUT2D eigenvalue weighted by Gasteiger charge is -2.02. The van der Waals surface area contributed by atoms with Gasteiger partial charge >= 0.3 is 0 Å². The molecule has 0 radical (unpaired) electrons. The highest BCUT2D eigenvalue weighted by atomic mass is 14.7. The lowest BCUT2D eigenvalue weighted by Crippen LogP contribution is -1.85. The Balaban J connectivity index is 2.46. The zero-order valence-corrected chi connectivity index (χ0v) is 7.20. The van der Waals surface area contributed by atoms with Gasteiger partial charge in [0.15, 0.2) is 0 Å². The maximum absolute atomic E-state index is 4.28. The number of hydrogen-bond donors (Lipinski definition) is 0. The van der Waals surface area contributed by atoms with E-state index < -0.39 is 0 Å². The fourth-order valence-electron chi connectivity index (χ4n) is 1.89. The quantitative estimate of drug-likeness (QED) is 0.572. The molecule has 13 heavy (non-hydrogen) atoms. The Hall–Kier alpha value is -1.63. The van der Waals surface area contributed by atoms with Crippen molar-refractivity contribution in [2.75, 3.05) is 0 Å². The van der Waals surface area contributed by atoms with Crippen molar-refractivity contribution in [3.63, 3.8) is 0 Å². The van der Waals surface area contributed by atoms with Crippen molar-refractivity contribution >= 4 is 17.0 Å². The summed E-state index contributed by atoms with van der Waals surface area (Å²) in [5, 5.41) is 2.66. The fraction of sp³-hybridized carbons (Fsp3) is 0.0833. The van der Waals surface area contributed by atoms with E-state index in [9.17, 15) is 0 Å². The molecule has 1 aliphatic heterocycles. The summed E-state index contributed by atoms with van der Waals surface area (Å²) in [6.07, 6.45) is 1.96. The third kappa shape index (κ3) is 0.903. The van der Waals surface area contributed by atoms with Crippen LogP contribution >= 0.6 is 0 Å². The Morgan fingerprint density at radius 1 is 1.00 bits per heavy atom. The molecule has 0 amide bonds. The van der Waals surface area contributed by atoms with Gasteiger partial charge < -0.3 is 0 Å². The minimum atomic E-state index is 0.844. The molecule has 0 saturated carbocycles. The van der Waals surface area contributed by atoms with Crippen LogP contribution in [0.4, 0.5) is 0 Å². The smallest absolute Gasteiger partial charge is 0.0652 e. The second-order valence-corrected chi connectivity index (χ2v) is 3.32. The van der Waals surface area contributed by atoms with Crippen molar-refractivity contribution in [3.05, 3.63) is 47.5 Å². The van der Waals surface area contributed by atoms with Crippen molar-refractivity contribution in [1.82, 2.24) is 0 Å². The molecule has 0 unspecified atom stereocenters. The van der Waals surface area contributed by atoms with Gasteiger partial charge in [-0.15, -0.1) is 0 Å². The van der Waals surface area contributed by atoms with Crippen molar-refractivity contribution < 1.29 is 0 Å². The predicted octanol–water partition coefficient (Wildman–Crippen LogP) is 2.77. The fourth-order valence-corrected chi connectivity index (χ4v) is 1.89. The molecule has 2 aromatic rings. The largest absolute Gasteiger partial charge is 0.288 e. The van der Waals surface area contributed by atoms with Crippen LogP contribution in [-0.4, -0.2) is 6.21 Å². The van der Waals surface area contributed by atoms with Gasteiger partial charge in [-0.3, -0.25) is 4.99 Å². The van der Waals surface area contributed by atoms with E-state index in [1.165, 1.54) is 21.9 Å². The molecular formula is C12H9N. The van der Waals surface area contributed by atoms with Gasteiger partial charge in [-0.1, -0.05) is 36.4 Å². The van der Waals surface area contributed by atoms with Gasteiger partial charge in [-0.05, 0) is 21.9 Å². The van der Waals surface area contributed by atoms with E-state index in [4.69, 9.17) is 0 Å². The minimum absolute atomic E-state index is 0.844. The van der Waals surface area contributed by atoms with Crippen LogP contribution in [0.25, 0.3) is 10.8 Å². The Labute approximate surface area is 76.7 Å². The molecule has 62 valence electrons. The highest BCUT2D eigenvalue weighted by Gasteiger charge is 2.08. The molecule has 1 aliphatic rings. The summed E-state index contributed by atoms with van der Waals surface area (Å²) in [5.74, 6) is 0. The van der Waals surface area contributed by atoms with Gasteiger partial charge in [0.25, 0.3) is 0 Å². The van der Waals surface area contributed by atoms with Crippen LogP contribution in [0.3, 0.4) is 0 Å². The molecule has 3 rings (SSSR count). The summed E-state index contributed by atoms with van der Waals surface area (Å²) in [6, 6.07) is 12.8. The normalized spacial score (nSPS) is 13.5. The summed E-state index contributed by atoms with van der Waals surface area (Å²) in [7, 11) is 0. The monoisotopic (exact) mass is 167 g/mol. The van der Waals surface area contributed by atoms with Crippen LogP contribution < -0.4 is 0 Å². The number of hydrogen-bond acceptors (Lipinski definition) is 1. The van der Waals surface area contributed by atoms with Crippen LogP contribution in [0.5, 0.6) is 0 Å². The number of nitrogens with zero attached hydrogens (tertiary/aromatic N) is 1. The summed E-state index contributed by atoms with van der Waals surface area (Å²) in [4.78, 5) is 4.28. The molecular weight excluding hydrogens is 158 g/mol. The first-order chi connectivity index (χ1) is 6.45. The average Bonchev–Trinajstić information content (AvgIpc) is 2.65. The van der Waals surface area contributed by atoms with E-state index >= 15 is 0 Å². The average molecular weight is 167 g/mol. The third-order valence-corrected chi connectivity index (χ3v) is 2.56. The van der Waals surface area contributed by atoms with Crippen molar-refractivity contribution in [2.45, 2.75) is 6.54 Å². The SMILES string of the molecule is C1=NCc2c1ccc1ccccc21. The van der Waals surface area contributed by atoms with E-state index in [0.29, 0.717) is 0 Å². The highest BCUT2D eigenvalue weighted by Crippen LogP contribution is 2.24. The molecule has 0 bridgehead atoms. The van der Waals surface area contributed by atoms with E-state index in [1.807, 2.05) is 6.21 Å². The Bertz CT molecular complexity index is 497. The van der Waals surface area contributed by atoms with Gasteiger partial charge in [0.1, 0.15) is 0 Å². The van der Waals surface area contributed by atoms with E-state index in [-0.39, 0.29) is 0 Å². The number of fused-ring (bicyclic) bond motifs is 3. The zero-order valence-electron chi connectivity index (χ0n) is 7.20. The van der Waals surface area contributed by atoms with Crippen LogP contribution in [0.2, 0.25) is 0 Å². The Morgan fingerprint density at radius 2 is 1.92 bits per heavy atom. The van der Waals surface area contributed by atoms with Crippen molar-refractivity contribution in [3.8, 4) is 0 Å². The molecule has 0 fully saturated rings. The first-order valence-corrected chi connectivity index (χ1v) is 4.45. The number of aliphatic imine (C=N–C) groups is 1. The maximum atomic E-state index is 4.28. The van der Waals surface area contributed by atoms with Crippen molar-refractivity contribution in [1.29, 1.82) is 0 Å². The molecule has 1 nitrogen and oxygen atoms in total. The standard InChI is InChI=1S/C12H9N/c1-2-4-11-9(3-1)5-6-10-7-13-8-12(10)11/h1-7H,8H2. The van der Waals surface area contributed by atoms with Gasteiger partial charge in [0.05, 0.1) is 6.54 Å². The Morgan fingerprint density at radius 3 is 2.92 bits per heavy atom. The van der Waals surface area contributed by atoms with Crippen molar-refractivity contribution in [2.24, 2.45) is 4.99 Å². The summed E-state index contributed by atoms with van der Waals surface area (Å²) in [5.41, 5.74) is 2.65. The molecule has 0 spiro atoms. The van der Waals surface area contributed by atoms with Gasteiger partial charge in [-0.2, -0.15) is 0 Å². The number of benzene rings is 2. The lowest BCUT2D eigenvalue weighted by molar-refractivity contribution is 1.13. The summed E-state index contributed by atoms with van der Waals surface area (Å²) in [6.45, 7) is 0.844. The molecule has 2 aromatic carbocycles. The van der Waals surface area contributed by atoms with Gasteiger partial charge in [0, 0.05) is 6.21 Å². The molecule has 1 heteroatoms. The first kappa shape index (κ1) is 6.84. The maximum Gasteiger partial charge on any atom is 0.0652 e. The van der Waals surface area contributed by atoms with Crippen LogP contribution in [0, 0.1) is 0 Å². The van der Waals surface area contributed by atoms with E-state index in [0.717, 1.165) is 6.54 Å². The topological polar surface area (TPSA) is 12.4 Å². The summed E-state index contributed by atoms with van der Waals surface area (Å²) < 4.78 is 0. The van der Waals surface area contributed by atoms with Gasteiger partial charge in [-0.25, -0.2) is 0 Å². The second-order valence-electron chi connectivity index (χ2n) is 3.32. The van der Waals surface area contributed by atoms with Crippen LogP contribution in [0.15, 0.2) is 41.4 Å². The van der Waals surface area contributed by atoms with Crippen LogP contribution in [-0.2, 0) is 6.54 Å². The predicted molar refractivity (Wildman–Crippen MR) is 55.2 cm³/mol. The highest BCUT2D eigenvalue weighted by molar-refractivity contribution is 5.96. The molecule has 0 atom stereocenters. The van der Waals surface area contributed by atoms with Gasteiger partial charge in [0.2, 0.25) is 0 Å². The van der Waals surface area contributed by atoms with E-state index in [2.05, 4.69) is 41.4 Å². The first-order valence-electron chi connectivity index (χ1n) is 4.45. The molecule has 1 heterocycles. The van der Waals surface area contributed by atoms with Crippen LogP contribution in [0.1, 0.15) is 11.1 Å². The summed E-state index contributed by atoms with van der Waals surface area (Å²) >= 11 is 0. The molecule has 0 saturated heterocycles. The van der Waals surface area contributed by atoms with E-state index in [1.54, 1.807) is 0 Å². The molecule has 0 aromatic heterocycles. The minimum Gasteiger partial charge on any atom is -0.288 e. The zero-order chi connectivity index (χ0) is 8.67. The Kier molecular flexibility index (Phi) is 1.28. The third-order valence-electron chi connectivity index (χ3n) is 2.56. The molecule has 0 N–H and O–H groups in total. The lowest BCUT2D eigenvalue weighted by atomic mass is 10.0. The molecule has 0 aliphatic carbocycles.